The highest BCUT2D eigenvalue weighted by atomic mass is 35.5. The number of hydrogen-bond donors (Lipinski definition) is 2. The molecule has 1 aromatic rings. The zero-order valence-corrected chi connectivity index (χ0v) is 10.8. The number of para-hydroxylation sites is 1. The largest absolute Gasteiger partial charge is 0.491 e. The highest BCUT2D eigenvalue weighted by molar-refractivity contribution is 5.85. The van der Waals surface area contributed by atoms with Crippen LogP contribution in [-0.2, 0) is 4.74 Å². The first-order chi connectivity index (χ1) is 7.83. The number of likely N-dealkylation sites (N-methyl/N-ethyl adjacent to an activating group) is 1. The molecule has 0 fully saturated rings. The molecule has 0 aliphatic heterocycles. The summed E-state index contributed by atoms with van der Waals surface area (Å²) < 4.78 is 10.7. The van der Waals surface area contributed by atoms with E-state index < -0.39 is 6.10 Å². The van der Waals surface area contributed by atoms with Crippen LogP contribution in [0.2, 0.25) is 0 Å². The van der Waals surface area contributed by atoms with Crippen molar-refractivity contribution in [2.75, 3.05) is 33.4 Å². The maximum atomic E-state index is 9.34. The number of ether oxygens (including phenoxy) is 2. The Balaban J connectivity index is 0.00000256. The molecule has 0 bridgehead atoms. The number of aliphatic hydroxyl groups excluding tert-OH is 1. The molecule has 0 aliphatic carbocycles. The van der Waals surface area contributed by atoms with Gasteiger partial charge in [0.05, 0.1) is 19.3 Å². The van der Waals surface area contributed by atoms with Gasteiger partial charge in [-0.2, -0.15) is 0 Å². The van der Waals surface area contributed by atoms with E-state index in [2.05, 4.69) is 5.32 Å². The average molecular weight is 262 g/mol. The fourth-order valence-electron chi connectivity index (χ4n) is 1.25. The number of halogens is 1. The quantitative estimate of drug-likeness (QED) is 0.688. The Labute approximate surface area is 108 Å². The van der Waals surface area contributed by atoms with Crippen LogP contribution in [0.25, 0.3) is 0 Å². The summed E-state index contributed by atoms with van der Waals surface area (Å²) in [6.07, 6.45) is -0.457. The van der Waals surface area contributed by atoms with Gasteiger partial charge in [-0.25, -0.2) is 0 Å². The lowest BCUT2D eigenvalue weighted by molar-refractivity contribution is 0.0259. The molecule has 0 spiro atoms. The van der Waals surface area contributed by atoms with E-state index in [4.69, 9.17) is 9.47 Å². The predicted octanol–water partition coefficient (Wildman–Crippen LogP) is 1.08. The minimum atomic E-state index is -0.457. The number of nitrogens with one attached hydrogen (secondary N) is 1. The van der Waals surface area contributed by atoms with E-state index in [-0.39, 0.29) is 12.4 Å². The third-order valence-electron chi connectivity index (χ3n) is 1.99. The predicted molar refractivity (Wildman–Crippen MR) is 69.9 cm³/mol. The van der Waals surface area contributed by atoms with Gasteiger partial charge < -0.3 is 19.9 Å². The zero-order valence-electron chi connectivity index (χ0n) is 9.96. The normalized spacial score (nSPS) is 11.6. The van der Waals surface area contributed by atoms with Gasteiger partial charge in [0.2, 0.25) is 0 Å². The van der Waals surface area contributed by atoms with E-state index in [1.807, 2.05) is 30.3 Å². The molecule has 0 heterocycles. The summed E-state index contributed by atoms with van der Waals surface area (Å²) in [4.78, 5) is 0. The Morgan fingerprint density at radius 3 is 2.59 bits per heavy atom. The van der Waals surface area contributed by atoms with Crippen molar-refractivity contribution >= 4 is 12.4 Å². The Kier molecular flexibility index (Phi) is 9.86. The first kappa shape index (κ1) is 16.2. The van der Waals surface area contributed by atoms with Gasteiger partial charge in [-0.05, 0) is 19.2 Å². The van der Waals surface area contributed by atoms with Crippen LogP contribution < -0.4 is 10.1 Å². The van der Waals surface area contributed by atoms with Crippen LogP contribution in [-0.4, -0.2) is 44.6 Å². The second-order valence-corrected chi connectivity index (χ2v) is 3.45. The fraction of sp³-hybridized carbons (Fsp3) is 0.500. The average Bonchev–Trinajstić information content (AvgIpc) is 2.30. The van der Waals surface area contributed by atoms with E-state index in [1.54, 1.807) is 7.05 Å². The van der Waals surface area contributed by atoms with Crippen LogP contribution in [0.1, 0.15) is 0 Å². The van der Waals surface area contributed by atoms with Crippen LogP contribution in [0, 0.1) is 0 Å². The van der Waals surface area contributed by atoms with E-state index >= 15 is 0 Å². The number of hydrogen-bond acceptors (Lipinski definition) is 4. The lowest BCUT2D eigenvalue weighted by Gasteiger charge is -2.11. The molecule has 0 saturated carbocycles. The van der Waals surface area contributed by atoms with Crippen LogP contribution in [0.15, 0.2) is 30.3 Å². The molecule has 0 radical (unpaired) electrons. The van der Waals surface area contributed by atoms with Crippen molar-refractivity contribution in [2.24, 2.45) is 0 Å². The van der Waals surface area contributed by atoms with Crippen molar-refractivity contribution in [3.63, 3.8) is 0 Å². The molecule has 0 amide bonds. The molecule has 0 aliphatic rings. The van der Waals surface area contributed by atoms with Crippen LogP contribution in [0.4, 0.5) is 0 Å². The Hall–Kier alpha value is -0.810. The molecule has 0 saturated heterocycles. The Bertz CT molecular complexity index is 272. The van der Waals surface area contributed by atoms with Crippen molar-refractivity contribution in [3.8, 4) is 5.75 Å². The number of rotatable bonds is 8. The van der Waals surface area contributed by atoms with Crippen molar-refractivity contribution in [1.82, 2.24) is 5.32 Å². The van der Waals surface area contributed by atoms with E-state index in [1.165, 1.54) is 0 Å². The lowest BCUT2D eigenvalue weighted by Crippen LogP contribution is -2.28. The van der Waals surface area contributed by atoms with E-state index in [0.29, 0.717) is 26.4 Å². The molecular formula is C12H20ClNO3. The second-order valence-electron chi connectivity index (χ2n) is 3.45. The van der Waals surface area contributed by atoms with Crippen molar-refractivity contribution in [3.05, 3.63) is 30.3 Å². The minimum Gasteiger partial charge on any atom is -0.491 e. The maximum absolute atomic E-state index is 9.34. The minimum absolute atomic E-state index is 0. The smallest absolute Gasteiger partial charge is 0.119 e. The van der Waals surface area contributed by atoms with Crippen LogP contribution >= 0.6 is 12.4 Å². The number of aliphatic hydroxyl groups is 1. The second kappa shape index (κ2) is 10.4. The standard InChI is InChI=1S/C12H19NO3.ClH/c1-13-9-11(14)10-15-7-8-16-12-5-3-2-4-6-12;/h2-6,11,13-14H,7-10H2,1H3;1H/t11-;/m1./s1. The highest BCUT2D eigenvalue weighted by Gasteiger charge is 2.01. The lowest BCUT2D eigenvalue weighted by atomic mass is 10.3. The Morgan fingerprint density at radius 2 is 1.94 bits per heavy atom. The Morgan fingerprint density at radius 1 is 1.24 bits per heavy atom. The van der Waals surface area contributed by atoms with Crippen molar-refractivity contribution < 1.29 is 14.6 Å². The van der Waals surface area contributed by atoms with E-state index in [9.17, 15) is 5.11 Å². The molecule has 0 unspecified atom stereocenters. The summed E-state index contributed by atoms with van der Waals surface area (Å²) in [5.41, 5.74) is 0. The van der Waals surface area contributed by atoms with Gasteiger partial charge in [0.25, 0.3) is 0 Å². The molecule has 1 rings (SSSR count). The molecule has 4 nitrogen and oxygen atoms in total. The van der Waals surface area contributed by atoms with Gasteiger partial charge >= 0.3 is 0 Å². The highest BCUT2D eigenvalue weighted by Crippen LogP contribution is 2.07. The van der Waals surface area contributed by atoms with Gasteiger partial charge in [-0.15, -0.1) is 12.4 Å². The monoisotopic (exact) mass is 261 g/mol. The first-order valence-electron chi connectivity index (χ1n) is 5.41. The topological polar surface area (TPSA) is 50.7 Å². The summed E-state index contributed by atoms with van der Waals surface area (Å²) >= 11 is 0. The maximum Gasteiger partial charge on any atom is 0.119 e. The fourth-order valence-corrected chi connectivity index (χ4v) is 1.25. The summed E-state index contributed by atoms with van der Waals surface area (Å²) in [7, 11) is 1.79. The van der Waals surface area contributed by atoms with Gasteiger partial charge in [-0.3, -0.25) is 0 Å². The summed E-state index contributed by atoms with van der Waals surface area (Å²) in [5, 5.41) is 12.2. The molecule has 17 heavy (non-hydrogen) atoms. The van der Waals surface area contributed by atoms with Gasteiger partial charge in [-0.1, -0.05) is 18.2 Å². The summed E-state index contributed by atoms with van der Waals surface area (Å²) in [6.45, 7) is 1.85. The SMILES string of the molecule is CNC[C@@H](O)COCCOc1ccccc1.Cl. The third-order valence-corrected chi connectivity index (χ3v) is 1.99. The number of benzene rings is 1. The summed E-state index contributed by atoms with van der Waals surface area (Å²) in [6, 6.07) is 9.59. The van der Waals surface area contributed by atoms with Crippen molar-refractivity contribution in [2.45, 2.75) is 6.10 Å². The zero-order chi connectivity index (χ0) is 11.6. The van der Waals surface area contributed by atoms with E-state index in [0.717, 1.165) is 5.75 Å². The summed E-state index contributed by atoms with van der Waals surface area (Å²) in [5.74, 6) is 0.835. The molecule has 2 N–H and O–H groups in total. The molecule has 0 aromatic heterocycles. The van der Waals surface area contributed by atoms with Crippen LogP contribution in [0.5, 0.6) is 5.75 Å². The van der Waals surface area contributed by atoms with Gasteiger partial charge in [0.1, 0.15) is 12.4 Å². The molecule has 1 atom stereocenters. The van der Waals surface area contributed by atoms with Crippen molar-refractivity contribution in [1.29, 1.82) is 0 Å². The van der Waals surface area contributed by atoms with Gasteiger partial charge in [0, 0.05) is 6.54 Å². The molecular weight excluding hydrogens is 242 g/mol. The molecule has 1 aromatic carbocycles. The van der Waals surface area contributed by atoms with Crippen LogP contribution in [0.3, 0.4) is 0 Å². The molecule has 98 valence electrons. The first-order valence-corrected chi connectivity index (χ1v) is 5.41. The molecule has 5 heteroatoms. The van der Waals surface area contributed by atoms with Gasteiger partial charge in [0.15, 0.2) is 0 Å². The third kappa shape index (κ3) is 7.99.